The van der Waals surface area contributed by atoms with Crippen LogP contribution < -0.4 is 0 Å². The monoisotopic (exact) mass is 353 g/mol. The van der Waals surface area contributed by atoms with Crippen molar-refractivity contribution in [1.82, 2.24) is 14.4 Å². The lowest BCUT2D eigenvalue weighted by Crippen LogP contribution is -1.93. The van der Waals surface area contributed by atoms with Crippen molar-refractivity contribution in [2.45, 2.75) is 0 Å². The highest BCUT2D eigenvalue weighted by atomic mass is 35.5. The van der Waals surface area contributed by atoms with E-state index in [1.807, 2.05) is 42.6 Å². The first kappa shape index (κ1) is 14.0. The summed E-state index contributed by atoms with van der Waals surface area (Å²) >= 11 is 6.36. The normalized spacial score (nSPS) is 12.0. The van der Waals surface area contributed by atoms with Crippen molar-refractivity contribution in [3.05, 3.63) is 77.9 Å². The molecule has 0 amide bonds. The molecule has 3 aromatic carbocycles. The van der Waals surface area contributed by atoms with Crippen LogP contribution in [0.3, 0.4) is 0 Å². The SMILES string of the molecule is Clc1ccc2c3c(ccc4cccnc43)c3nc4ccccc4n3c2c1. The van der Waals surface area contributed by atoms with Crippen LogP contribution in [0.2, 0.25) is 5.02 Å². The van der Waals surface area contributed by atoms with Crippen molar-refractivity contribution in [2.75, 3.05) is 0 Å². The van der Waals surface area contributed by atoms with E-state index in [4.69, 9.17) is 16.6 Å². The number of halogens is 1. The van der Waals surface area contributed by atoms with Crippen LogP contribution in [0.15, 0.2) is 72.9 Å². The second-order valence-corrected chi connectivity index (χ2v) is 6.92. The third-order valence-corrected chi connectivity index (χ3v) is 5.28. The highest BCUT2D eigenvalue weighted by molar-refractivity contribution is 6.32. The minimum Gasteiger partial charge on any atom is -0.292 e. The van der Waals surface area contributed by atoms with Gasteiger partial charge in [-0.1, -0.05) is 41.9 Å². The maximum atomic E-state index is 6.36. The second kappa shape index (κ2) is 4.93. The molecule has 4 heteroatoms. The molecular weight excluding hydrogens is 342 g/mol. The number of imidazole rings is 1. The zero-order chi connectivity index (χ0) is 17.3. The lowest BCUT2D eigenvalue weighted by Gasteiger charge is -2.11. The highest BCUT2D eigenvalue weighted by Crippen LogP contribution is 2.36. The van der Waals surface area contributed by atoms with Crippen LogP contribution in [0.4, 0.5) is 0 Å². The van der Waals surface area contributed by atoms with Gasteiger partial charge in [-0.05, 0) is 36.4 Å². The summed E-state index contributed by atoms with van der Waals surface area (Å²) < 4.78 is 2.20. The molecule has 0 aliphatic rings. The minimum atomic E-state index is 0.712. The van der Waals surface area contributed by atoms with E-state index in [9.17, 15) is 0 Å². The van der Waals surface area contributed by atoms with Gasteiger partial charge in [-0.2, -0.15) is 0 Å². The Morgan fingerprint density at radius 3 is 2.65 bits per heavy atom. The molecule has 26 heavy (non-hydrogen) atoms. The molecule has 0 atom stereocenters. The molecule has 0 radical (unpaired) electrons. The van der Waals surface area contributed by atoms with E-state index < -0.39 is 0 Å². The number of rotatable bonds is 0. The summed E-state index contributed by atoms with van der Waals surface area (Å²) in [6.45, 7) is 0. The molecule has 0 aliphatic heterocycles. The molecule has 3 nitrogen and oxygen atoms in total. The van der Waals surface area contributed by atoms with Crippen LogP contribution in [-0.4, -0.2) is 14.4 Å². The van der Waals surface area contributed by atoms with Crippen molar-refractivity contribution < 1.29 is 0 Å². The zero-order valence-electron chi connectivity index (χ0n) is 13.6. The first-order valence-corrected chi connectivity index (χ1v) is 8.85. The number of hydrogen-bond donors (Lipinski definition) is 0. The molecule has 122 valence electrons. The van der Waals surface area contributed by atoms with Gasteiger partial charge in [0.15, 0.2) is 0 Å². The average Bonchev–Trinajstić information content (AvgIpc) is 3.07. The molecule has 0 bridgehead atoms. The van der Waals surface area contributed by atoms with Gasteiger partial charge in [0, 0.05) is 32.8 Å². The average molecular weight is 354 g/mol. The smallest absolute Gasteiger partial charge is 0.146 e. The van der Waals surface area contributed by atoms with E-state index in [1.165, 1.54) is 0 Å². The summed E-state index contributed by atoms with van der Waals surface area (Å²) in [5, 5.41) is 5.19. The standard InChI is InChI=1S/C22H12ClN3/c23-14-8-10-15-19(12-14)26-18-6-2-1-5-17(18)25-22(26)16-9-7-13-4-3-11-24-21(13)20(15)16/h1-12H. The molecule has 0 unspecified atom stereocenters. The van der Waals surface area contributed by atoms with Crippen molar-refractivity contribution >= 4 is 60.9 Å². The molecule has 0 fully saturated rings. The van der Waals surface area contributed by atoms with Gasteiger partial charge in [0.25, 0.3) is 0 Å². The fourth-order valence-corrected chi connectivity index (χ4v) is 4.12. The summed E-state index contributed by atoms with van der Waals surface area (Å²) in [7, 11) is 0. The van der Waals surface area contributed by atoms with Crippen molar-refractivity contribution in [1.29, 1.82) is 0 Å². The molecule has 0 aliphatic carbocycles. The van der Waals surface area contributed by atoms with Gasteiger partial charge in [-0.3, -0.25) is 9.38 Å². The van der Waals surface area contributed by atoms with E-state index in [1.54, 1.807) is 0 Å². The van der Waals surface area contributed by atoms with Gasteiger partial charge in [-0.25, -0.2) is 4.98 Å². The lowest BCUT2D eigenvalue weighted by atomic mass is 10.0. The maximum absolute atomic E-state index is 6.36. The van der Waals surface area contributed by atoms with Gasteiger partial charge >= 0.3 is 0 Å². The number of pyridine rings is 2. The van der Waals surface area contributed by atoms with Crippen LogP contribution >= 0.6 is 11.6 Å². The van der Waals surface area contributed by atoms with Gasteiger partial charge in [0.2, 0.25) is 0 Å². The Morgan fingerprint density at radius 2 is 1.69 bits per heavy atom. The summed E-state index contributed by atoms with van der Waals surface area (Å²) in [6.07, 6.45) is 1.84. The Hall–Kier alpha value is -3.17. The van der Waals surface area contributed by atoms with Crippen molar-refractivity contribution in [2.24, 2.45) is 0 Å². The Labute approximate surface area is 153 Å². The highest BCUT2D eigenvalue weighted by Gasteiger charge is 2.15. The van der Waals surface area contributed by atoms with Crippen LogP contribution in [0, 0.1) is 0 Å². The topological polar surface area (TPSA) is 30.2 Å². The number of nitrogens with zero attached hydrogens (tertiary/aromatic N) is 3. The Kier molecular flexibility index (Phi) is 2.66. The summed E-state index contributed by atoms with van der Waals surface area (Å²) in [5.74, 6) is 0. The van der Waals surface area contributed by atoms with Gasteiger partial charge in [0.1, 0.15) is 5.65 Å². The van der Waals surface area contributed by atoms with Crippen LogP contribution in [0.5, 0.6) is 0 Å². The molecule has 3 heterocycles. The summed E-state index contributed by atoms with van der Waals surface area (Å²) in [6, 6.07) is 22.6. The predicted octanol–water partition coefficient (Wildman–Crippen LogP) is 6.00. The Morgan fingerprint density at radius 1 is 0.808 bits per heavy atom. The Bertz CT molecular complexity index is 1500. The molecule has 0 spiro atoms. The third-order valence-electron chi connectivity index (χ3n) is 5.05. The molecule has 0 saturated carbocycles. The number of fused-ring (bicyclic) bond motifs is 10. The number of para-hydroxylation sites is 2. The summed E-state index contributed by atoms with van der Waals surface area (Å²) in [5.41, 5.74) is 5.03. The van der Waals surface area contributed by atoms with Crippen molar-refractivity contribution in [3.8, 4) is 0 Å². The number of aromatic nitrogens is 3. The zero-order valence-corrected chi connectivity index (χ0v) is 14.4. The third kappa shape index (κ3) is 1.73. The van der Waals surface area contributed by atoms with Gasteiger partial charge in [0.05, 0.1) is 22.1 Å². The van der Waals surface area contributed by atoms with Crippen molar-refractivity contribution in [3.63, 3.8) is 0 Å². The lowest BCUT2D eigenvalue weighted by molar-refractivity contribution is 1.31. The predicted molar refractivity (Wildman–Crippen MR) is 108 cm³/mol. The maximum Gasteiger partial charge on any atom is 0.146 e. The number of benzene rings is 3. The van der Waals surface area contributed by atoms with E-state index in [0.717, 1.165) is 49.3 Å². The largest absolute Gasteiger partial charge is 0.292 e. The molecule has 6 rings (SSSR count). The van der Waals surface area contributed by atoms with E-state index >= 15 is 0 Å². The van der Waals surface area contributed by atoms with Gasteiger partial charge < -0.3 is 0 Å². The van der Waals surface area contributed by atoms with Crippen LogP contribution in [0.25, 0.3) is 49.3 Å². The van der Waals surface area contributed by atoms with E-state index in [0.29, 0.717) is 5.02 Å². The first-order chi connectivity index (χ1) is 12.8. The molecule has 3 aromatic heterocycles. The molecule has 0 saturated heterocycles. The minimum absolute atomic E-state index is 0.712. The molecule has 0 N–H and O–H groups in total. The van der Waals surface area contributed by atoms with E-state index in [-0.39, 0.29) is 0 Å². The molecular formula is C22H12ClN3. The second-order valence-electron chi connectivity index (χ2n) is 6.48. The quantitative estimate of drug-likeness (QED) is 0.314. The molecule has 6 aromatic rings. The first-order valence-electron chi connectivity index (χ1n) is 8.47. The fourth-order valence-electron chi connectivity index (χ4n) is 3.96. The van der Waals surface area contributed by atoms with Gasteiger partial charge in [-0.15, -0.1) is 0 Å². The Balaban J connectivity index is 2.05. The number of hydrogen-bond acceptors (Lipinski definition) is 2. The van der Waals surface area contributed by atoms with Crippen LogP contribution in [0.1, 0.15) is 0 Å². The summed E-state index contributed by atoms with van der Waals surface area (Å²) in [4.78, 5) is 9.59. The van der Waals surface area contributed by atoms with Crippen LogP contribution in [-0.2, 0) is 0 Å². The van der Waals surface area contributed by atoms with E-state index in [2.05, 4.69) is 39.7 Å². The fraction of sp³-hybridized carbons (Fsp3) is 0.